The van der Waals surface area contributed by atoms with Crippen molar-refractivity contribution in [2.24, 2.45) is 5.73 Å². The molecular weight excluding hydrogens is 288 g/mol. The minimum atomic E-state index is -3.46. The van der Waals surface area contributed by atoms with Crippen LogP contribution in [0.3, 0.4) is 0 Å². The standard InChI is InChI=1S/C15H20N2O3S/c1-12-6-7-13(4-2-8-16)15(10-12)17-21(18,19)11-14-5-3-9-20-14/h6-7,10,14,17H,3,5,8-9,11,16H2,1H3. The zero-order valence-electron chi connectivity index (χ0n) is 12.1. The SMILES string of the molecule is Cc1ccc(C#CCN)c(NS(=O)(=O)CC2CCCO2)c1. The van der Waals surface area contributed by atoms with E-state index in [4.69, 9.17) is 10.5 Å². The Morgan fingerprint density at radius 2 is 2.29 bits per heavy atom. The lowest BCUT2D eigenvalue weighted by atomic mass is 10.1. The molecule has 1 saturated heterocycles. The summed E-state index contributed by atoms with van der Waals surface area (Å²) < 4.78 is 32.5. The highest BCUT2D eigenvalue weighted by atomic mass is 32.2. The van der Waals surface area contributed by atoms with Crippen molar-refractivity contribution in [2.75, 3.05) is 23.6 Å². The summed E-state index contributed by atoms with van der Waals surface area (Å²) >= 11 is 0. The number of rotatable bonds is 4. The molecule has 0 aliphatic carbocycles. The Labute approximate surface area is 125 Å². The van der Waals surface area contributed by atoms with Crippen molar-refractivity contribution in [3.63, 3.8) is 0 Å². The Morgan fingerprint density at radius 3 is 2.95 bits per heavy atom. The van der Waals surface area contributed by atoms with Crippen LogP contribution in [0, 0.1) is 18.8 Å². The van der Waals surface area contributed by atoms with Crippen LogP contribution in [0.1, 0.15) is 24.0 Å². The Kier molecular flexibility index (Phi) is 5.23. The second-order valence-electron chi connectivity index (χ2n) is 5.07. The second-order valence-corrected chi connectivity index (χ2v) is 6.84. The Balaban J connectivity index is 2.18. The molecule has 21 heavy (non-hydrogen) atoms. The van der Waals surface area contributed by atoms with Crippen LogP contribution in [-0.4, -0.2) is 33.4 Å². The zero-order chi connectivity index (χ0) is 15.3. The van der Waals surface area contributed by atoms with E-state index >= 15 is 0 Å². The smallest absolute Gasteiger partial charge is 0.235 e. The lowest BCUT2D eigenvalue weighted by Crippen LogP contribution is -2.26. The molecule has 1 aromatic rings. The van der Waals surface area contributed by atoms with Gasteiger partial charge in [-0.3, -0.25) is 4.72 Å². The van der Waals surface area contributed by atoms with Gasteiger partial charge in [0, 0.05) is 12.2 Å². The maximum atomic E-state index is 12.2. The van der Waals surface area contributed by atoms with Crippen molar-refractivity contribution >= 4 is 15.7 Å². The van der Waals surface area contributed by atoms with E-state index in [1.165, 1.54) is 0 Å². The summed E-state index contributed by atoms with van der Waals surface area (Å²) in [5, 5.41) is 0. The summed E-state index contributed by atoms with van der Waals surface area (Å²) in [6.07, 6.45) is 1.48. The summed E-state index contributed by atoms with van der Waals surface area (Å²) in [6.45, 7) is 2.77. The van der Waals surface area contributed by atoms with E-state index in [1.54, 1.807) is 12.1 Å². The largest absolute Gasteiger partial charge is 0.377 e. The third-order valence-electron chi connectivity index (χ3n) is 3.19. The molecule has 1 aromatic carbocycles. The van der Waals surface area contributed by atoms with E-state index in [0.29, 0.717) is 17.9 Å². The number of hydrogen-bond acceptors (Lipinski definition) is 4. The molecule has 3 N–H and O–H groups in total. The van der Waals surface area contributed by atoms with E-state index in [0.717, 1.165) is 18.4 Å². The Morgan fingerprint density at radius 1 is 1.48 bits per heavy atom. The normalized spacial score (nSPS) is 18.1. The van der Waals surface area contributed by atoms with Gasteiger partial charge in [0.15, 0.2) is 0 Å². The highest BCUT2D eigenvalue weighted by Gasteiger charge is 2.23. The van der Waals surface area contributed by atoms with Gasteiger partial charge in [0.25, 0.3) is 0 Å². The first-order chi connectivity index (χ1) is 10.00. The van der Waals surface area contributed by atoms with Gasteiger partial charge >= 0.3 is 0 Å². The van der Waals surface area contributed by atoms with Crippen LogP contribution >= 0.6 is 0 Å². The predicted molar refractivity (Wildman–Crippen MR) is 83.5 cm³/mol. The number of anilines is 1. The van der Waals surface area contributed by atoms with Gasteiger partial charge in [-0.2, -0.15) is 0 Å². The summed E-state index contributed by atoms with van der Waals surface area (Å²) in [7, 11) is -3.46. The van der Waals surface area contributed by atoms with Gasteiger partial charge in [-0.05, 0) is 37.5 Å². The number of nitrogens with one attached hydrogen (secondary N) is 1. The number of hydrogen-bond donors (Lipinski definition) is 2. The minimum absolute atomic E-state index is 0.0231. The lowest BCUT2D eigenvalue weighted by molar-refractivity contribution is 0.127. The van der Waals surface area contributed by atoms with Crippen LogP contribution in [0.25, 0.3) is 0 Å². The Bertz CT molecular complexity index is 653. The highest BCUT2D eigenvalue weighted by molar-refractivity contribution is 7.92. The van der Waals surface area contributed by atoms with Crippen molar-refractivity contribution in [1.29, 1.82) is 0 Å². The summed E-state index contributed by atoms with van der Waals surface area (Å²) in [5.41, 5.74) is 7.45. The van der Waals surface area contributed by atoms with Crippen molar-refractivity contribution in [3.05, 3.63) is 29.3 Å². The van der Waals surface area contributed by atoms with Crippen molar-refractivity contribution < 1.29 is 13.2 Å². The van der Waals surface area contributed by atoms with Crippen LogP contribution in [0.5, 0.6) is 0 Å². The molecule has 1 aliphatic rings. The molecule has 1 heterocycles. The van der Waals surface area contributed by atoms with Gasteiger partial charge in [-0.25, -0.2) is 8.42 Å². The monoisotopic (exact) mass is 308 g/mol. The number of aryl methyl sites for hydroxylation is 1. The minimum Gasteiger partial charge on any atom is -0.377 e. The second kappa shape index (κ2) is 6.94. The molecule has 0 radical (unpaired) electrons. The summed E-state index contributed by atoms with van der Waals surface area (Å²) in [6, 6.07) is 5.45. The van der Waals surface area contributed by atoms with Gasteiger partial charge in [0.1, 0.15) is 0 Å². The van der Waals surface area contributed by atoms with Crippen molar-refractivity contribution in [3.8, 4) is 11.8 Å². The van der Waals surface area contributed by atoms with Crippen LogP contribution < -0.4 is 10.5 Å². The van der Waals surface area contributed by atoms with Crippen LogP contribution in [0.4, 0.5) is 5.69 Å². The van der Waals surface area contributed by atoms with E-state index in [9.17, 15) is 8.42 Å². The molecule has 5 nitrogen and oxygen atoms in total. The fourth-order valence-electron chi connectivity index (χ4n) is 2.23. The first kappa shape index (κ1) is 15.8. The topological polar surface area (TPSA) is 81.4 Å². The maximum Gasteiger partial charge on any atom is 0.235 e. The van der Waals surface area contributed by atoms with Crippen LogP contribution in [0.2, 0.25) is 0 Å². The average Bonchev–Trinajstić information content (AvgIpc) is 2.89. The van der Waals surface area contributed by atoms with E-state index in [1.807, 2.05) is 13.0 Å². The maximum absolute atomic E-state index is 12.2. The molecule has 1 atom stereocenters. The van der Waals surface area contributed by atoms with E-state index < -0.39 is 10.0 Å². The first-order valence-electron chi connectivity index (χ1n) is 6.92. The van der Waals surface area contributed by atoms with Crippen molar-refractivity contribution in [1.82, 2.24) is 0 Å². The Hall–Kier alpha value is -1.55. The fourth-order valence-corrected chi connectivity index (χ4v) is 3.57. The molecule has 1 fully saturated rings. The molecule has 0 saturated carbocycles. The summed E-state index contributed by atoms with van der Waals surface area (Å²) in [5.74, 6) is 5.60. The quantitative estimate of drug-likeness (QED) is 0.820. The van der Waals surface area contributed by atoms with Crippen molar-refractivity contribution in [2.45, 2.75) is 25.9 Å². The van der Waals surface area contributed by atoms with Crippen LogP contribution in [-0.2, 0) is 14.8 Å². The molecule has 1 unspecified atom stereocenters. The number of ether oxygens (including phenoxy) is 1. The van der Waals surface area contributed by atoms with Gasteiger partial charge in [-0.15, -0.1) is 0 Å². The predicted octanol–water partition coefficient (Wildman–Crippen LogP) is 1.23. The molecule has 6 heteroatoms. The first-order valence-corrected chi connectivity index (χ1v) is 8.57. The van der Waals surface area contributed by atoms with Gasteiger partial charge in [-0.1, -0.05) is 17.9 Å². The molecule has 1 aliphatic heterocycles. The molecule has 0 bridgehead atoms. The molecule has 114 valence electrons. The number of nitrogens with two attached hydrogens (primary N) is 1. The zero-order valence-corrected chi connectivity index (χ0v) is 12.9. The molecular formula is C15H20N2O3S. The lowest BCUT2D eigenvalue weighted by Gasteiger charge is -2.13. The van der Waals surface area contributed by atoms with E-state index in [-0.39, 0.29) is 18.4 Å². The van der Waals surface area contributed by atoms with Gasteiger partial charge in [0.05, 0.1) is 24.1 Å². The highest BCUT2D eigenvalue weighted by Crippen LogP contribution is 2.20. The summed E-state index contributed by atoms with van der Waals surface area (Å²) in [4.78, 5) is 0. The third kappa shape index (κ3) is 4.74. The molecule has 2 rings (SSSR count). The van der Waals surface area contributed by atoms with Crippen LogP contribution in [0.15, 0.2) is 18.2 Å². The molecule has 0 spiro atoms. The molecule has 0 aromatic heterocycles. The number of benzene rings is 1. The number of sulfonamides is 1. The molecule has 0 amide bonds. The van der Waals surface area contributed by atoms with E-state index in [2.05, 4.69) is 16.6 Å². The fraction of sp³-hybridized carbons (Fsp3) is 0.467. The van der Waals surface area contributed by atoms with Gasteiger partial charge in [0.2, 0.25) is 10.0 Å². The third-order valence-corrected chi connectivity index (χ3v) is 4.54. The van der Waals surface area contributed by atoms with Gasteiger partial charge < -0.3 is 10.5 Å². The average molecular weight is 308 g/mol.